The lowest BCUT2D eigenvalue weighted by Gasteiger charge is -2.23. The van der Waals surface area contributed by atoms with Crippen molar-refractivity contribution in [3.63, 3.8) is 0 Å². The topological polar surface area (TPSA) is 46.1 Å². The minimum atomic E-state index is 0.370. The van der Waals surface area contributed by atoms with Gasteiger partial charge in [0.05, 0.1) is 6.10 Å². The second-order valence-corrected chi connectivity index (χ2v) is 6.80. The highest BCUT2D eigenvalue weighted by Crippen LogP contribution is 2.11. The Morgan fingerprint density at radius 2 is 1.88 bits per heavy atom. The van der Waals surface area contributed by atoms with Gasteiger partial charge >= 0.3 is 0 Å². The number of guanidine groups is 1. The van der Waals surface area contributed by atoms with Crippen LogP contribution in [-0.4, -0.2) is 56.9 Å². The molecule has 1 N–H and O–H groups in total. The summed E-state index contributed by atoms with van der Waals surface area (Å²) in [5, 5.41) is 3.38. The number of benzene rings is 1. The smallest absolute Gasteiger partial charge is 0.193 e. The number of nitrogens with one attached hydrogen (secondary N) is 1. The molecule has 1 heterocycles. The predicted molar refractivity (Wildman–Crippen MR) is 108 cm³/mol. The van der Waals surface area contributed by atoms with Crippen LogP contribution in [0.25, 0.3) is 0 Å². The third-order valence-corrected chi connectivity index (χ3v) is 4.63. The fraction of sp³-hybridized carbons (Fsp3) is 0.667. The van der Waals surface area contributed by atoms with E-state index in [2.05, 4.69) is 55.4 Å². The summed E-state index contributed by atoms with van der Waals surface area (Å²) in [5.41, 5.74) is 2.68. The quantitative estimate of drug-likeness (QED) is 0.417. The molecule has 0 amide bonds. The van der Waals surface area contributed by atoms with Crippen LogP contribution in [-0.2, 0) is 22.4 Å². The summed E-state index contributed by atoms with van der Waals surface area (Å²) in [5.74, 6) is 0.957. The molecule has 1 aliphatic heterocycles. The average molecular weight is 362 g/mol. The lowest BCUT2D eigenvalue weighted by atomic mass is 10.1. The number of aryl methyl sites for hydroxylation is 1. The largest absolute Gasteiger partial charge is 0.381 e. The van der Waals surface area contributed by atoms with Crippen molar-refractivity contribution in [3.8, 4) is 0 Å². The summed E-state index contributed by atoms with van der Waals surface area (Å²) in [6, 6.07) is 8.84. The van der Waals surface area contributed by atoms with E-state index in [1.54, 1.807) is 0 Å². The Bertz CT molecular complexity index is 525. The molecule has 1 aliphatic rings. The molecule has 2 rings (SSSR count). The Balaban J connectivity index is 1.76. The molecule has 0 atom stereocenters. The first kappa shape index (κ1) is 20.7. The van der Waals surface area contributed by atoms with Gasteiger partial charge in [-0.25, -0.2) is 0 Å². The van der Waals surface area contributed by atoms with E-state index in [1.807, 2.05) is 0 Å². The molecule has 1 fully saturated rings. The maximum absolute atomic E-state index is 5.92. The summed E-state index contributed by atoms with van der Waals surface area (Å²) in [4.78, 5) is 6.94. The summed E-state index contributed by atoms with van der Waals surface area (Å²) in [6.45, 7) is 9.23. The molecular formula is C21H35N3O2. The van der Waals surface area contributed by atoms with Crippen LogP contribution in [0.15, 0.2) is 29.3 Å². The van der Waals surface area contributed by atoms with Crippen LogP contribution >= 0.6 is 0 Å². The van der Waals surface area contributed by atoms with Gasteiger partial charge < -0.3 is 19.7 Å². The van der Waals surface area contributed by atoms with Crippen molar-refractivity contribution in [1.29, 1.82) is 0 Å². The van der Waals surface area contributed by atoms with E-state index in [9.17, 15) is 0 Å². The Morgan fingerprint density at radius 3 is 2.54 bits per heavy atom. The van der Waals surface area contributed by atoms with Crippen molar-refractivity contribution in [2.75, 3.05) is 40.0 Å². The number of rotatable bonds is 9. The van der Waals surface area contributed by atoms with E-state index in [4.69, 9.17) is 14.5 Å². The zero-order valence-corrected chi connectivity index (χ0v) is 16.7. The molecule has 1 saturated heterocycles. The average Bonchev–Trinajstić information content (AvgIpc) is 2.68. The molecule has 5 heteroatoms. The minimum absolute atomic E-state index is 0.370. The Labute approximate surface area is 158 Å². The van der Waals surface area contributed by atoms with Crippen LogP contribution in [0, 0.1) is 0 Å². The summed E-state index contributed by atoms with van der Waals surface area (Å²) in [7, 11) is 2.09. The molecule has 5 nitrogen and oxygen atoms in total. The standard InChI is InChI=1S/C21H35N3O2/c1-4-18-7-9-19(10-8-18)17-24(3)21(22-5-2)23-13-6-14-26-20-11-15-25-16-12-20/h7-10,20H,4-6,11-17H2,1-3H3,(H,22,23). The number of hydrogen-bond acceptors (Lipinski definition) is 3. The van der Waals surface area contributed by atoms with Gasteiger partial charge in [0.15, 0.2) is 5.96 Å². The second-order valence-electron chi connectivity index (χ2n) is 6.80. The summed E-state index contributed by atoms with van der Waals surface area (Å²) in [6.07, 6.45) is 4.44. The van der Waals surface area contributed by atoms with Gasteiger partial charge in [-0.2, -0.15) is 0 Å². The highest BCUT2D eigenvalue weighted by Gasteiger charge is 2.13. The maximum atomic E-state index is 5.92. The van der Waals surface area contributed by atoms with Crippen molar-refractivity contribution in [1.82, 2.24) is 10.2 Å². The fourth-order valence-electron chi connectivity index (χ4n) is 3.04. The Kier molecular flexibility index (Phi) is 9.50. The minimum Gasteiger partial charge on any atom is -0.381 e. The van der Waals surface area contributed by atoms with Crippen molar-refractivity contribution in [3.05, 3.63) is 35.4 Å². The number of nitrogens with zero attached hydrogens (tertiary/aromatic N) is 2. The highest BCUT2D eigenvalue weighted by molar-refractivity contribution is 5.79. The predicted octanol–water partition coefficient (Wildman–Crippen LogP) is 3.23. The Hall–Kier alpha value is -1.59. The summed E-state index contributed by atoms with van der Waals surface area (Å²) < 4.78 is 11.3. The highest BCUT2D eigenvalue weighted by atomic mass is 16.5. The second kappa shape index (κ2) is 11.9. The third-order valence-electron chi connectivity index (χ3n) is 4.63. The van der Waals surface area contributed by atoms with Crippen molar-refractivity contribution < 1.29 is 9.47 Å². The van der Waals surface area contributed by atoms with Crippen LogP contribution in [0.4, 0.5) is 0 Å². The van der Waals surface area contributed by atoms with E-state index >= 15 is 0 Å². The van der Waals surface area contributed by atoms with E-state index in [-0.39, 0.29) is 0 Å². The van der Waals surface area contributed by atoms with E-state index in [1.165, 1.54) is 11.1 Å². The lowest BCUT2D eigenvalue weighted by Crippen LogP contribution is -2.38. The molecule has 0 aliphatic carbocycles. The SMILES string of the molecule is CCNC(=NCCCOC1CCOCC1)N(C)Cc1ccc(CC)cc1. The van der Waals surface area contributed by atoms with Crippen molar-refractivity contribution in [2.24, 2.45) is 4.99 Å². The van der Waals surface area contributed by atoms with Crippen molar-refractivity contribution >= 4 is 5.96 Å². The molecule has 146 valence electrons. The van der Waals surface area contributed by atoms with Gasteiger partial charge in [-0.05, 0) is 43.7 Å². The van der Waals surface area contributed by atoms with Gasteiger partial charge in [-0.15, -0.1) is 0 Å². The molecule has 0 radical (unpaired) electrons. The van der Waals surface area contributed by atoms with Gasteiger partial charge in [-0.3, -0.25) is 4.99 Å². The number of ether oxygens (including phenoxy) is 2. The zero-order chi connectivity index (χ0) is 18.6. The molecule has 0 unspecified atom stereocenters. The van der Waals surface area contributed by atoms with E-state index < -0.39 is 0 Å². The molecule has 0 spiro atoms. The lowest BCUT2D eigenvalue weighted by molar-refractivity contribution is -0.0318. The first-order chi connectivity index (χ1) is 12.7. The van der Waals surface area contributed by atoms with Crippen LogP contribution in [0.5, 0.6) is 0 Å². The van der Waals surface area contributed by atoms with E-state index in [0.29, 0.717) is 6.10 Å². The third kappa shape index (κ3) is 7.34. The first-order valence-corrected chi connectivity index (χ1v) is 9.99. The van der Waals surface area contributed by atoms with Crippen LogP contribution in [0.3, 0.4) is 0 Å². The Morgan fingerprint density at radius 1 is 1.19 bits per heavy atom. The van der Waals surface area contributed by atoms with Gasteiger partial charge in [0.2, 0.25) is 0 Å². The molecule has 0 bridgehead atoms. The zero-order valence-electron chi connectivity index (χ0n) is 16.7. The maximum Gasteiger partial charge on any atom is 0.193 e. The molecule has 1 aromatic rings. The molecule has 0 aromatic heterocycles. The van der Waals surface area contributed by atoms with Crippen LogP contribution < -0.4 is 5.32 Å². The van der Waals surface area contributed by atoms with Gasteiger partial charge in [0.25, 0.3) is 0 Å². The van der Waals surface area contributed by atoms with Gasteiger partial charge in [-0.1, -0.05) is 31.2 Å². The number of hydrogen-bond donors (Lipinski definition) is 1. The monoisotopic (exact) mass is 361 g/mol. The van der Waals surface area contributed by atoms with Crippen molar-refractivity contribution in [2.45, 2.75) is 52.2 Å². The molecule has 0 saturated carbocycles. The van der Waals surface area contributed by atoms with Gasteiger partial charge in [0.1, 0.15) is 0 Å². The normalized spacial score (nSPS) is 15.9. The van der Waals surface area contributed by atoms with Crippen LogP contribution in [0.2, 0.25) is 0 Å². The molecular weight excluding hydrogens is 326 g/mol. The van der Waals surface area contributed by atoms with E-state index in [0.717, 1.165) is 71.1 Å². The molecule has 1 aromatic carbocycles. The van der Waals surface area contributed by atoms with Gasteiger partial charge in [0, 0.05) is 46.5 Å². The fourth-order valence-corrected chi connectivity index (χ4v) is 3.04. The number of aliphatic imine (C=N–C) groups is 1. The van der Waals surface area contributed by atoms with Crippen LogP contribution in [0.1, 0.15) is 44.2 Å². The molecule has 26 heavy (non-hydrogen) atoms. The summed E-state index contributed by atoms with van der Waals surface area (Å²) >= 11 is 0. The first-order valence-electron chi connectivity index (χ1n) is 9.99.